The fourth-order valence-corrected chi connectivity index (χ4v) is 2.35. The number of nitrogens with zero attached hydrogens (tertiary/aromatic N) is 1. The van der Waals surface area contributed by atoms with Crippen LogP contribution in [-0.4, -0.2) is 7.11 Å². The average molecular weight is 275 g/mol. The van der Waals surface area contributed by atoms with E-state index in [1.807, 2.05) is 54.6 Å². The Balaban J connectivity index is 2.12. The molecule has 0 saturated heterocycles. The predicted molar refractivity (Wildman–Crippen MR) is 87.7 cm³/mol. The summed E-state index contributed by atoms with van der Waals surface area (Å²) in [5.41, 5.74) is 3.32. The monoisotopic (exact) mass is 275 g/mol. The van der Waals surface area contributed by atoms with Gasteiger partial charge in [-0.15, -0.1) is 0 Å². The number of hydrogen-bond acceptors (Lipinski definition) is 2. The van der Waals surface area contributed by atoms with Gasteiger partial charge < -0.3 is 9.64 Å². The molecule has 0 aliphatic rings. The fraction of sp³-hybridized carbons (Fsp3) is 0.0526. The van der Waals surface area contributed by atoms with Crippen molar-refractivity contribution in [3.63, 3.8) is 0 Å². The van der Waals surface area contributed by atoms with Crippen molar-refractivity contribution in [1.29, 1.82) is 0 Å². The SMILES string of the molecule is COc1cccc(N(c2ccccc2)c2ccccc2)c1. The average Bonchev–Trinajstić information content (AvgIpc) is 2.57. The summed E-state index contributed by atoms with van der Waals surface area (Å²) in [5.74, 6) is 0.851. The maximum atomic E-state index is 5.35. The lowest BCUT2D eigenvalue weighted by Gasteiger charge is -2.25. The number of methoxy groups -OCH3 is 1. The molecule has 3 aromatic rings. The van der Waals surface area contributed by atoms with E-state index in [2.05, 4.69) is 35.2 Å². The van der Waals surface area contributed by atoms with Gasteiger partial charge in [0.2, 0.25) is 0 Å². The van der Waals surface area contributed by atoms with Crippen molar-refractivity contribution in [2.24, 2.45) is 0 Å². The number of rotatable bonds is 4. The highest BCUT2D eigenvalue weighted by molar-refractivity contribution is 5.76. The van der Waals surface area contributed by atoms with Gasteiger partial charge in [0.1, 0.15) is 5.75 Å². The van der Waals surface area contributed by atoms with E-state index >= 15 is 0 Å². The molecule has 0 radical (unpaired) electrons. The second-order valence-electron chi connectivity index (χ2n) is 4.71. The molecule has 0 aliphatic carbocycles. The zero-order valence-corrected chi connectivity index (χ0v) is 11.9. The van der Waals surface area contributed by atoms with Gasteiger partial charge in [-0.3, -0.25) is 0 Å². The van der Waals surface area contributed by atoms with Gasteiger partial charge in [0.05, 0.1) is 7.11 Å². The van der Waals surface area contributed by atoms with Crippen LogP contribution in [-0.2, 0) is 0 Å². The minimum Gasteiger partial charge on any atom is -0.497 e. The molecule has 21 heavy (non-hydrogen) atoms. The fourth-order valence-electron chi connectivity index (χ4n) is 2.35. The summed E-state index contributed by atoms with van der Waals surface area (Å²) in [5, 5.41) is 0. The van der Waals surface area contributed by atoms with E-state index in [0.717, 1.165) is 22.8 Å². The molecule has 0 atom stereocenters. The Morgan fingerprint density at radius 3 is 1.67 bits per heavy atom. The molecule has 0 aliphatic heterocycles. The maximum absolute atomic E-state index is 5.35. The molecule has 0 saturated carbocycles. The van der Waals surface area contributed by atoms with Crippen molar-refractivity contribution in [2.75, 3.05) is 12.0 Å². The largest absolute Gasteiger partial charge is 0.497 e. The van der Waals surface area contributed by atoms with Crippen molar-refractivity contribution in [3.8, 4) is 5.75 Å². The Labute approximate surface area is 125 Å². The molecule has 0 amide bonds. The lowest BCUT2D eigenvalue weighted by atomic mass is 10.2. The van der Waals surface area contributed by atoms with E-state index in [1.54, 1.807) is 7.11 Å². The predicted octanol–water partition coefficient (Wildman–Crippen LogP) is 5.17. The van der Waals surface area contributed by atoms with Gasteiger partial charge in [-0.1, -0.05) is 42.5 Å². The summed E-state index contributed by atoms with van der Waals surface area (Å²) in [6, 6.07) is 28.7. The van der Waals surface area contributed by atoms with E-state index in [-0.39, 0.29) is 0 Å². The van der Waals surface area contributed by atoms with E-state index in [1.165, 1.54) is 0 Å². The Bertz CT molecular complexity index is 656. The molecule has 0 heterocycles. The number of para-hydroxylation sites is 2. The molecule has 0 spiro atoms. The standard InChI is InChI=1S/C19H17NO/c1-21-19-14-8-13-18(15-19)20(16-9-4-2-5-10-16)17-11-6-3-7-12-17/h2-15H,1H3. The molecule has 0 bridgehead atoms. The van der Waals surface area contributed by atoms with Crippen molar-refractivity contribution < 1.29 is 4.74 Å². The first-order valence-electron chi connectivity index (χ1n) is 6.93. The van der Waals surface area contributed by atoms with Crippen LogP contribution < -0.4 is 9.64 Å². The summed E-state index contributed by atoms with van der Waals surface area (Å²) in [6.07, 6.45) is 0. The van der Waals surface area contributed by atoms with Gasteiger partial charge in [0.15, 0.2) is 0 Å². The van der Waals surface area contributed by atoms with Crippen LogP contribution in [0.15, 0.2) is 84.9 Å². The normalized spacial score (nSPS) is 10.1. The number of ether oxygens (including phenoxy) is 1. The molecule has 3 rings (SSSR count). The summed E-state index contributed by atoms with van der Waals surface area (Å²) in [7, 11) is 1.69. The van der Waals surface area contributed by atoms with Crippen molar-refractivity contribution in [3.05, 3.63) is 84.9 Å². The second kappa shape index (κ2) is 6.14. The summed E-state index contributed by atoms with van der Waals surface area (Å²) >= 11 is 0. The topological polar surface area (TPSA) is 12.5 Å². The molecule has 0 unspecified atom stereocenters. The van der Waals surface area contributed by atoms with Gasteiger partial charge in [0.25, 0.3) is 0 Å². The van der Waals surface area contributed by atoms with Crippen LogP contribution in [0.3, 0.4) is 0 Å². The number of anilines is 3. The summed E-state index contributed by atoms with van der Waals surface area (Å²) in [6.45, 7) is 0. The Hall–Kier alpha value is -2.74. The Kier molecular flexibility index (Phi) is 3.88. The molecule has 2 heteroatoms. The zero-order chi connectivity index (χ0) is 14.5. The molecular formula is C19H17NO. The Morgan fingerprint density at radius 1 is 0.619 bits per heavy atom. The van der Waals surface area contributed by atoms with Gasteiger partial charge in [-0.25, -0.2) is 0 Å². The molecule has 3 aromatic carbocycles. The van der Waals surface area contributed by atoms with Crippen molar-refractivity contribution in [2.45, 2.75) is 0 Å². The molecule has 104 valence electrons. The highest BCUT2D eigenvalue weighted by Crippen LogP contribution is 2.35. The third-order valence-corrected chi connectivity index (χ3v) is 3.34. The van der Waals surface area contributed by atoms with Crippen LogP contribution in [0.25, 0.3) is 0 Å². The van der Waals surface area contributed by atoms with Crippen LogP contribution in [0.5, 0.6) is 5.75 Å². The minimum atomic E-state index is 0.851. The Morgan fingerprint density at radius 2 is 1.14 bits per heavy atom. The third kappa shape index (κ3) is 2.90. The molecule has 0 aromatic heterocycles. The lowest BCUT2D eigenvalue weighted by Crippen LogP contribution is -2.09. The highest BCUT2D eigenvalue weighted by atomic mass is 16.5. The first kappa shape index (κ1) is 13.3. The third-order valence-electron chi connectivity index (χ3n) is 3.34. The lowest BCUT2D eigenvalue weighted by molar-refractivity contribution is 0.415. The van der Waals surface area contributed by atoms with E-state index in [0.29, 0.717) is 0 Å². The quantitative estimate of drug-likeness (QED) is 0.651. The van der Waals surface area contributed by atoms with Gasteiger partial charge in [-0.2, -0.15) is 0 Å². The van der Waals surface area contributed by atoms with Crippen LogP contribution in [0.4, 0.5) is 17.1 Å². The molecular weight excluding hydrogens is 258 g/mol. The minimum absolute atomic E-state index is 0.851. The zero-order valence-electron chi connectivity index (χ0n) is 11.9. The van der Waals surface area contributed by atoms with Gasteiger partial charge in [-0.05, 0) is 36.4 Å². The van der Waals surface area contributed by atoms with Crippen LogP contribution in [0, 0.1) is 0 Å². The van der Waals surface area contributed by atoms with Crippen LogP contribution in [0.1, 0.15) is 0 Å². The first-order chi connectivity index (χ1) is 10.4. The number of benzene rings is 3. The van der Waals surface area contributed by atoms with Gasteiger partial charge in [0, 0.05) is 23.1 Å². The van der Waals surface area contributed by atoms with E-state index in [4.69, 9.17) is 4.74 Å². The highest BCUT2D eigenvalue weighted by Gasteiger charge is 2.11. The second-order valence-corrected chi connectivity index (χ2v) is 4.71. The van der Waals surface area contributed by atoms with Crippen LogP contribution in [0.2, 0.25) is 0 Å². The maximum Gasteiger partial charge on any atom is 0.120 e. The van der Waals surface area contributed by atoms with Crippen LogP contribution >= 0.6 is 0 Å². The smallest absolute Gasteiger partial charge is 0.120 e. The first-order valence-corrected chi connectivity index (χ1v) is 6.93. The van der Waals surface area contributed by atoms with Crippen molar-refractivity contribution in [1.82, 2.24) is 0 Å². The molecule has 0 N–H and O–H groups in total. The summed E-state index contributed by atoms with van der Waals surface area (Å²) in [4.78, 5) is 2.21. The molecule has 2 nitrogen and oxygen atoms in total. The van der Waals surface area contributed by atoms with E-state index in [9.17, 15) is 0 Å². The van der Waals surface area contributed by atoms with Crippen molar-refractivity contribution >= 4 is 17.1 Å². The van der Waals surface area contributed by atoms with Gasteiger partial charge >= 0.3 is 0 Å². The number of hydrogen-bond donors (Lipinski definition) is 0. The summed E-state index contributed by atoms with van der Waals surface area (Å²) < 4.78 is 5.35. The van der Waals surface area contributed by atoms with E-state index < -0.39 is 0 Å². The molecule has 0 fully saturated rings.